The number of carbonyl (C=O) groups is 1. The molecule has 4 aromatic rings. The van der Waals surface area contributed by atoms with Gasteiger partial charge in [-0.05, 0) is 80.8 Å². The fourth-order valence-electron chi connectivity index (χ4n) is 5.06. The first-order chi connectivity index (χ1) is 18.4. The molecule has 0 saturated carbocycles. The lowest BCUT2D eigenvalue weighted by molar-refractivity contribution is -0.133. The molecule has 1 amide bonds. The number of nitrogens with zero attached hydrogens (tertiary/aromatic N) is 4. The maximum Gasteiger partial charge on any atom is 0.224 e. The molecule has 8 heteroatoms. The van der Waals surface area contributed by atoms with Crippen LogP contribution in [0.3, 0.4) is 0 Å². The lowest BCUT2D eigenvalue weighted by Gasteiger charge is -2.27. The Balaban J connectivity index is 1.48. The molecule has 2 aromatic carbocycles. The van der Waals surface area contributed by atoms with Gasteiger partial charge in [0, 0.05) is 54.3 Å². The van der Waals surface area contributed by atoms with Gasteiger partial charge in [0.05, 0.1) is 30.1 Å². The van der Waals surface area contributed by atoms with E-state index in [9.17, 15) is 4.79 Å². The average molecular weight is 533 g/mol. The Morgan fingerprint density at radius 3 is 2.66 bits per heavy atom. The number of carbonyl (C=O) groups excluding carboxylic acids is 1. The molecule has 38 heavy (non-hydrogen) atoms. The maximum atomic E-state index is 13.6. The Morgan fingerprint density at radius 2 is 1.97 bits per heavy atom. The normalized spacial score (nSPS) is 15.2. The molecule has 1 aliphatic heterocycles. The van der Waals surface area contributed by atoms with Crippen molar-refractivity contribution < 1.29 is 14.3 Å². The van der Waals surface area contributed by atoms with Crippen LogP contribution in [0, 0.1) is 13.8 Å². The van der Waals surface area contributed by atoms with E-state index in [0.717, 1.165) is 64.3 Å². The second-order valence-corrected chi connectivity index (χ2v) is 10.3. The van der Waals surface area contributed by atoms with Gasteiger partial charge in [-0.25, -0.2) is 4.98 Å². The number of aryl methyl sites for hydroxylation is 3. The number of pyridine rings is 1. The van der Waals surface area contributed by atoms with Crippen molar-refractivity contribution in [3.8, 4) is 17.0 Å². The van der Waals surface area contributed by atoms with E-state index in [2.05, 4.69) is 11.2 Å². The summed E-state index contributed by atoms with van der Waals surface area (Å²) in [5.41, 5.74) is 5.58. The highest BCUT2D eigenvalue weighted by molar-refractivity contribution is 6.31. The molecule has 0 spiro atoms. The highest BCUT2D eigenvalue weighted by atomic mass is 35.5. The molecular formula is C30H33ClN4O3. The zero-order chi connectivity index (χ0) is 26.6. The van der Waals surface area contributed by atoms with E-state index in [1.165, 1.54) is 0 Å². The lowest BCUT2D eigenvalue weighted by Crippen LogP contribution is -2.37. The van der Waals surface area contributed by atoms with Gasteiger partial charge in [0.1, 0.15) is 5.75 Å². The number of ether oxygens (including phenoxy) is 2. The number of halogens is 1. The lowest BCUT2D eigenvalue weighted by atomic mass is 10.0. The van der Waals surface area contributed by atoms with Gasteiger partial charge in [-0.3, -0.25) is 9.48 Å². The van der Waals surface area contributed by atoms with E-state index in [1.54, 1.807) is 7.11 Å². The molecule has 0 aliphatic carbocycles. The quantitative estimate of drug-likeness (QED) is 0.265. The number of rotatable bonds is 9. The molecule has 1 unspecified atom stereocenters. The Bertz CT molecular complexity index is 1430. The Labute approximate surface area is 228 Å². The number of fused-ring (bicyclic) bond motifs is 1. The van der Waals surface area contributed by atoms with Gasteiger partial charge in [-0.1, -0.05) is 17.7 Å². The van der Waals surface area contributed by atoms with Crippen molar-refractivity contribution in [2.75, 3.05) is 20.3 Å². The summed E-state index contributed by atoms with van der Waals surface area (Å²) in [5.74, 6) is 0.850. The van der Waals surface area contributed by atoms with Gasteiger partial charge >= 0.3 is 0 Å². The highest BCUT2D eigenvalue weighted by Crippen LogP contribution is 2.30. The molecule has 0 N–H and O–H groups in total. The van der Waals surface area contributed by atoms with Crippen molar-refractivity contribution in [2.24, 2.45) is 0 Å². The first kappa shape index (κ1) is 26.2. The van der Waals surface area contributed by atoms with Crippen LogP contribution in [0.25, 0.3) is 22.2 Å². The number of methoxy groups -OCH3 is 1. The number of amides is 1. The predicted molar refractivity (Wildman–Crippen MR) is 149 cm³/mol. The van der Waals surface area contributed by atoms with Crippen molar-refractivity contribution in [2.45, 2.75) is 52.3 Å². The molecule has 5 rings (SSSR count). The highest BCUT2D eigenvalue weighted by Gasteiger charge is 2.24. The number of hydrogen-bond acceptors (Lipinski definition) is 5. The Hall–Kier alpha value is -3.42. The van der Waals surface area contributed by atoms with Gasteiger partial charge in [0.25, 0.3) is 0 Å². The summed E-state index contributed by atoms with van der Waals surface area (Å²) < 4.78 is 13.2. The van der Waals surface area contributed by atoms with Crippen LogP contribution in [0.1, 0.15) is 36.2 Å². The van der Waals surface area contributed by atoms with Crippen molar-refractivity contribution in [3.63, 3.8) is 0 Å². The monoisotopic (exact) mass is 532 g/mol. The van der Waals surface area contributed by atoms with Gasteiger partial charge in [-0.2, -0.15) is 5.10 Å². The molecule has 0 radical (unpaired) electrons. The van der Waals surface area contributed by atoms with E-state index in [-0.39, 0.29) is 12.0 Å². The van der Waals surface area contributed by atoms with Crippen molar-refractivity contribution in [3.05, 3.63) is 76.6 Å². The minimum absolute atomic E-state index is 0.0456. The van der Waals surface area contributed by atoms with Crippen molar-refractivity contribution in [1.29, 1.82) is 0 Å². The molecule has 3 heterocycles. The van der Waals surface area contributed by atoms with Crippen LogP contribution < -0.4 is 4.74 Å². The molecule has 198 valence electrons. The second-order valence-electron chi connectivity index (χ2n) is 9.87. The van der Waals surface area contributed by atoms with Crippen LogP contribution in [-0.2, 0) is 22.6 Å². The average Bonchev–Trinajstić information content (AvgIpc) is 3.55. The topological polar surface area (TPSA) is 69.5 Å². The maximum absolute atomic E-state index is 13.6. The first-order valence-electron chi connectivity index (χ1n) is 13.0. The van der Waals surface area contributed by atoms with Gasteiger partial charge in [-0.15, -0.1) is 0 Å². The van der Waals surface area contributed by atoms with Crippen LogP contribution in [0.2, 0.25) is 5.02 Å². The summed E-state index contributed by atoms with van der Waals surface area (Å²) in [5, 5.41) is 6.15. The molecule has 1 atom stereocenters. The summed E-state index contributed by atoms with van der Waals surface area (Å²) in [4.78, 5) is 20.6. The van der Waals surface area contributed by atoms with Crippen LogP contribution >= 0.6 is 11.6 Å². The summed E-state index contributed by atoms with van der Waals surface area (Å²) in [7, 11) is 1.65. The fraction of sp³-hybridized carbons (Fsp3) is 0.367. The standard InChI is InChI=1S/C30H33ClN4O3/c1-20-15-21(2)35(33-20)13-12-29(36)34(19-27-5-4-14-38-27)18-24-16-23-6-9-25(31)17-28(23)32-30(24)22-7-10-26(37-3)11-8-22/h6-11,15-17,27H,4-5,12-14,18-19H2,1-3H3. The van der Waals surface area contributed by atoms with E-state index in [4.69, 9.17) is 26.1 Å². The molecule has 7 nitrogen and oxygen atoms in total. The van der Waals surface area contributed by atoms with E-state index >= 15 is 0 Å². The molecule has 1 fully saturated rings. The van der Waals surface area contributed by atoms with Crippen LogP contribution in [0.5, 0.6) is 5.75 Å². The van der Waals surface area contributed by atoms with Crippen LogP contribution in [-0.4, -0.2) is 51.9 Å². The van der Waals surface area contributed by atoms with E-state index < -0.39 is 0 Å². The van der Waals surface area contributed by atoms with Crippen LogP contribution in [0.15, 0.2) is 54.6 Å². The third-order valence-corrected chi connectivity index (χ3v) is 7.26. The first-order valence-corrected chi connectivity index (χ1v) is 13.4. The second kappa shape index (κ2) is 11.5. The number of benzene rings is 2. The van der Waals surface area contributed by atoms with E-state index in [0.29, 0.717) is 31.1 Å². The minimum Gasteiger partial charge on any atom is -0.497 e. The Morgan fingerprint density at radius 1 is 1.16 bits per heavy atom. The fourth-order valence-corrected chi connectivity index (χ4v) is 5.22. The van der Waals surface area contributed by atoms with Crippen LogP contribution in [0.4, 0.5) is 0 Å². The van der Waals surface area contributed by atoms with Crippen molar-refractivity contribution in [1.82, 2.24) is 19.7 Å². The minimum atomic E-state index is 0.0456. The van der Waals surface area contributed by atoms with Gasteiger partial charge in [0.15, 0.2) is 0 Å². The third kappa shape index (κ3) is 6.00. The molecule has 1 saturated heterocycles. The molecule has 1 aliphatic rings. The number of hydrogen-bond donors (Lipinski definition) is 0. The SMILES string of the molecule is COc1ccc(-c2nc3cc(Cl)ccc3cc2CN(CC2CCCO2)C(=O)CCn2nc(C)cc2C)cc1. The smallest absolute Gasteiger partial charge is 0.224 e. The summed E-state index contributed by atoms with van der Waals surface area (Å²) >= 11 is 6.28. The molecule has 0 bridgehead atoms. The zero-order valence-electron chi connectivity index (χ0n) is 22.1. The Kier molecular flexibility index (Phi) is 7.95. The van der Waals surface area contributed by atoms with Crippen molar-refractivity contribution >= 4 is 28.4 Å². The predicted octanol–water partition coefficient (Wildman–Crippen LogP) is 5.98. The van der Waals surface area contributed by atoms with Gasteiger partial charge < -0.3 is 14.4 Å². The summed E-state index contributed by atoms with van der Waals surface area (Å²) in [6.45, 7) is 6.26. The zero-order valence-corrected chi connectivity index (χ0v) is 22.9. The number of aromatic nitrogens is 3. The van der Waals surface area contributed by atoms with Gasteiger partial charge in [0.2, 0.25) is 5.91 Å². The van der Waals surface area contributed by atoms with E-state index in [1.807, 2.05) is 72.0 Å². The molecule has 2 aromatic heterocycles. The largest absolute Gasteiger partial charge is 0.497 e. The molecular weight excluding hydrogens is 500 g/mol. The summed E-state index contributed by atoms with van der Waals surface area (Å²) in [6.07, 6.45) is 2.39. The summed E-state index contributed by atoms with van der Waals surface area (Å²) in [6, 6.07) is 17.7. The third-order valence-electron chi connectivity index (χ3n) is 7.02.